The first-order valence-electron chi connectivity index (χ1n) is 8.36. The van der Waals surface area contributed by atoms with Crippen molar-refractivity contribution in [1.29, 1.82) is 5.26 Å². The molecule has 0 spiro atoms. The normalized spacial score (nSPS) is 20.6. The summed E-state index contributed by atoms with van der Waals surface area (Å²) in [4.78, 5) is 2.53. The van der Waals surface area contributed by atoms with Gasteiger partial charge in [-0.15, -0.1) is 0 Å². The van der Waals surface area contributed by atoms with E-state index in [2.05, 4.69) is 37.2 Å². The summed E-state index contributed by atoms with van der Waals surface area (Å²) in [6, 6.07) is 3.57. The fourth-order valence-corrected chi connectivity index (χ4v) is 3.36. The minimum Gasteiger partial charge on any atom is -0.303 e. The maximum Gasteiger partial charge on any atom is 0.104 e. The van der Waals surface area contributed by atoms with Crippen molar-refractivity contribution in [1.82, 2.24) is 10.2 Å². The molecule has 0 saturated heterocycles. The highest BCUT2D eigenvalue weighted by atomic mass is 15.1. The van der Waals surface area contributed by atoms with Crippen molar-refractivity contribution in [2.45, 2.75) is 89.8 Å². The Balaban J connectivity index is 2.32. The van der Waals surface area contributed by atoms with Gasteiger partial charge in [0.2, 0.25) is 0 Å². The highest BCUT2D eigenvalue weighted by Gasteiger charge is 2.24. The second kappa shape index (κ2) is 8.64. The summed E-state index contributed by atoms with van der Waals surface area (Å²) >= 11 is 0. The largest absolute Gasteiger partial charge is 0.303 e. The average Bonchev–Trinajstić information content (AvgIpc) is 2.66. The van der Waals surface area contributed by atoms with E-state index in [9.17, 15) is 5.26 Å². The molecule has 0 radical (unpaired) electrons. The molecule has 0 heterocycles. The molecule has 3 nitrogen and oxygen atoms in total. The maximum absolute atomic E-state index is 9.36. The molecule has 1 aliphatic carbocycles. The fraction of sp³-hybridized carbons (Fsp3) is 0.941. The molecule has 20 heavy (non-hydrogen) atoms. The lowest BCUT2D eigenvalue weighted by molar-refractivity contribution is 0.210. The maximum atomic E-state index is 9.36. The van der Waals surface area contributed by atoms with Crippen molar-refractivity contribution >= 4 is 0 Å². The molecule has 0 amide bonds. The van der Waals surface area contributed by atoms with Gasteiger partial charge in [-0.05, 0) is 60.0 Å². The SMILES string of the molecule is CC(C)NC(C)(C#N)CCCN(C)C1CCCCCC1. The third kappa shape index (κ3) is 6.24. The lowest BCUT2D eigenvalue weighted by Gasteiger charge is -2.30. The van der Waals surface area contributed by atoms with E-state index in [1.807, 2.05) is 6.92 Å². The highest BCUT2D eigenvalue weighted by molar-refractivity contribution is 5.04. The Bertz CT molecular complexity index is 300. The first-order chi connectivity index (χ1) is 9.47. The summed E-state index contributed by atoms with van der Waals surface area (Å²) in [5.74, 6) is 0. The number of hydrogen-bond acceptors (Lipinski definition) is 3. The lowest BCUT2D eigenvalue weighted by Crippen LogP contribution is -2.45. The molecular formula is C17H33N3. The van der Waals surface area contributed by atoms with Crippen LogP contribution in [-0.2, 0) is 0 Å². The molecule has 3 heteroatoms. The molecule has 1 saturated carbocycles. The Morgan fingerprint density at radius 3 is 2.35 bits per heavy atom. The zero-order valence-corrected chi connectivity index (χ0v) is 13.9. The van der Waals surface area contributed by atoms with Gasteiger partial charge in [0.15, 0.2) is 0 Å². The van der Waals surface area contributed by atoms with Gasteiger partial charge in [0.05, 0.1) is 6.07 Å². The van der Waals surface area contributed by atoms with Gasteiger partial charge in [-0.1, -0.05) is 25.7 Å². The van der Waals surface area contributed by atoms with Crippen molar-refractivity contribution in [3.8, 4) is 6.07 Å². The van der Waals surface area contributed by atoms with Crippen molar-refractivity contribution in [3.63, 3.8) is 0 Å². The Morgan fingerprint density at radius 1 is 1.25 bits per heavy atom. The van der Waals surface area contributed by atoms with E-state index in [4.69, 9.17) is 0 Å². The number of nitriles is 1. The van der Waals surface area contributed by atoms with Crippen molar-refractivity contribution in [2.24, 2.45) is 0 Å². The quantitative estimate of drug-likeness (QED) is 0.722. The predicted molar refractivity (Wildman–Crippen MR) is 85.6 cm³/mol. The molecule has 1 fully saturated rings. The topological polar surface area (TPSA) is 39.1 Å². The Kier molecular flexibility index (Phi) is 7.55. The summed E-state index contributed by atoms with van der Waals surface area (Å²) in [6.45, 7) is 7.35. The van der Waals surface area contributed by atoms with Crippen molar-refractivity contribution in [3.05, 3.63) is 0 Å². The van der Waals surface area contributed by atoms with Crippen LogP contribution < -0.4 is 5.32 Å². The van der Waals surface area contributed by atoms with Crippen LogP contribution in [0.2, 0.25) is 0 Å². The predicted octanol–water partition coefficient (Wildman–Crippen LogP) is 3.70. The molecule has 1 aliphatic rings. The van der Waals surface area contributed by atoms with Crippen LogP contribution >= 0.6 is 0 Å². The zero-order chi connectivity index (χ0) is 15.0. The number of nitrogens with one attached hydrogen (secondary N) is 1. The smallest absolute Gasteiger partial charge is 0.104 e. The molecule has 0 bridgehead atoms. The van der Waals surface area contributed by atoms with Crippen LogP contribution in [0.4, 0.5) is 0 Å². The molecule has 0 aromatic heterocycles. The zero-order valence-electron chi connectivity index (χ0n) is 13.9. The van der Waals surface area contributed by atoms with Gasteiger partial charge < -0.3 is 4.90 Å². The molecule has 1 N–H and O–H groups in total. The fourth-order valence-electron chi connectivity index (χ4n) is 3.36. The van der Waals surface area contributed by atoms with Crippen LogP contribution in [-0.4, -0.2) is 36.1 Å². The number of rotatable bonds is 7. The molecular weight excluding hydrogens is 246 g/mol. The molecule has 0 aromatic rings. The van der Waals surface area contributed by atoms with E-state index >= 15 is 0 Å². The first-order valence-corrected chi connectivity index (χ1v) is 8.36. The summed E-state index contributed by atoms with van der Waals surface area (Å²) < 4.78 is 0. The van der Waals surface area contributed by atoms with Crippen LogP contribution in [0.3, 0.4) is 0 Å². The van der Waals surface area contributed by atoms with Crippen LogP contribution in [0.5, 0.6) is 0 Å². The Morgan fingerprint density at radius 2 is 1.85 bits per heavy atom. The van der Waals surface area contributed by atoms with Gasteiger partial charge >= 0.3 is 0 Å². The molecule has 1 atom stereocenters. The summed E-state index contributed by atoms with van der Waals surface area (Å²) in [5.41, 5.74) is -0.377. The Hall–Kier alpha value is -0.590. The molecule has 1 unspecified atom stereocenters. The van der Waals surface area contributed by atoms with Crippen LogP contribution in [0.1, 0.15) is 72.1 Å². The van der Waals surface area contributed by atoms with E-state index in [-0.39, 0.29) is 5.54 Å². The van der Waals surface area contributed by atoms with Crippen LogP contribution in [0.15, 0.2) is 0 Å². The third-order valence-electron chi connectivity index (χ3n) is 4.49. The lowest BCUT2D eigenvalue weighted by atomic mass is 9.96. The standard InChI is InChI=1S/C17H33N3/c1-15(2)19-17(3,14-18)12-9-13-20(4)16-10-7-5-6-8-11-16/h15-16,19H,5-13H2,1-4H3. The van der Waals surface area contributed by atoms with E-state index < -0.39 is 0 Å². The van der Waals surface area contributed by atoms with Gasteiger partial charge in [-0.3, -0.25) is 5.32 Å². The monoisotopic (exact) mass is 279 g/mol. The second-order valence-corrected chi connectivity index (χ2v) is 6.97. The average molecular weight is 279 g/mol. The van der Waals surface area contributed by atoms with Crippen LogP contribution in [0, 0.1) is 11.3 Å². The third-order valence-corrected chi connectivity index (χ3v) is 4.49. The summed E-state index contributed by atoms with van der Waals surface area (Å²) in [5, 5.41) is 12.7. The summed E-state index contributed by atoms with van der Waals surface area (Å²) in [6.07, 6.45) is 10.3. The minimum absolute atomic E-state index is 0.360. The van der Waals surface area contributed by atoms with Crippen molar-refractivity contribution in [2.75, 3.05) is 13.6 Å². The highest BCUT2D eigenvalue weighted by Crippen LogP contribution is 2.22. The van der Waals surface area contributed by atoms with Crippen LogP contribution in [0.25, 0.3) is 0 Å². The van der Waals surface area contributed by atoms with E-state index in [1.54, 1.807) is 0 Å². The minimum atomic E-state index is -0.377. The number of hydrogen-bond donors (Lipinski definition) is 1. The number of nitrogens with zero attached hydrogens (tertiary/aromatic N) is 2. The van der Waals surface area contributed by atoms with Gasteiger partial charge in [-0.25, -0.2) is 0 Å². The van der Waals surface area contributed by atoms with Gasteiger partial charge in [0, 0.05) is 12.1 Å². The molecule has 0 aromatic carbocycles. The molecule has 1 rings (SSSR count). The second-order valence-electron chi connectivity index (χ2n) is 6.97. The van der Waals surface area contributed by atoms with E-state index in [0.717, 1.165) is 25.4 Å². The molecule has 116 valence electrons. The van der Waals surface area contributed by atoms with E-state index in [0.29, 0.717) is 6.04 Å². The van der Waals surface area contributed by atoms with Gasteiger partial charge in [0.25, 0.3) is 0 Å². The van der Waals surface area contributed by atoms with E-state index in [1.165, 1.54) is 38.5 Å². The molecule has 0 aliphatic heterocycles. The first kappa shape index (κ1) is 17.5. The van der Waals surface area contributed by atoms with Crippen molar-refractivity contribution < 1.29 is 0 Å². The van der Waals surface area contributed by atoms with Gasteiger partial charge in [-0.2, -0.15) is 5.26 Å². The Labute approximate surface area is 125 Å². The summed E-state index contributed by atoms with van der Waals surface area (Å²) in [7, 11) is 2.26. The van der Waals surface area contributed by atoms with Gasteiger partial charge in [0.1, 0.15) is 5.54 Å².